The molecule has 0 bridgehead atoms. The summed E-state index contributed by atoms with van der Waals surface area (Å²) >= 11 is 0. The number of ether oxygens (including phenoxy) is 1. The highest BCUT2D eigenvalue weighted by molar-refractivity contribution is 5.94. The summed E-state index contributed by atoms with van der Waals surface area (Å²) in [6, 6.07) is 18.1. The van der Waals surface area contributed by atoms with Crippen molar-refractivity contribution >= 4 is 11.9 Å². The summed E-state index contributed by atoms with van der Waals surface area (Å²) in [6.45, 7) is 2.64. The first kappa shape index (κ1) is 17.2. The second-order valence-electron chi connectivity index (χ2n) is 6.66. The topological polar surface area (TPSA) is 55.4 Å². The monoisotopic (exact) mass is 337 g/mol. The van der Waals surface area contributed by atoms with Gasteiger partial charge in [0.2, 0.25) is 0 Å². The second-order valence-corrected chi connectivity index (χ2v) is 6.66. The number of carbonyl (C=O) groups is 2. The minimum atomic E-state index is -0.405. The van der Waals surface area contributed by atoms with Crippen LogP contribution in [0.5, 0.6) is 0 Å². The van der Waals surface area contributed by atoms with Crippen LogP contribution in [0.1, 0.15) is 41.7 Å². The van der Waals surface area contributed by atoms with E-state index < -0.39 is 6.04 Å². The number of carbonyl (C=O) groups excluding carboxylic acids is 2. The number of amides is 1. The zero-order chi connectivity index (χ0) is 17.6. The van der Waals surface area contributed by atoms with Crippen LogP contribution in [0, 0.1) is 11.8 Å². The zero-order valence-corrected chi connectivity index (χ0v) is 14.4. The van der Waals surface area contributed by atoms with Gasteiger partial charge < -0.3 is 10.1 Å². The number of nitrogens with one attached hydrogen (secondary N) is 1. The van der Waals surface area contributed by atoms with Crippen molar-refractivity contribution in [3.8, 4) is 0 Å². The number of hydrogen-bond acceptors (Lipinski definition) is 3. The van der Waals surface area contributed by atoms with Crippen LogP contribution in [0.2, 0.25) is 0 Å². The molecular weight excluding hydrogens is 314 g/mol. The van der Waals surface area contributed by atoms with Crippen molar-refractivity contribution in [3.63, 3.8) is 0 Å². The van der Waals surface area contributed by atoms with Crippen LogP contribution >= 0.6 is 0 Å². The van der Waals surface area contributed by atoms with E-state index in [-0.39, 0.29) is 18.3 Å². The lowest BCUT2D eigenvalue weighted by Crippen LogP contribution is -2.30. The van der Waals surface area contributed by atoms with Gasteiger partial charge in [0, 0.05) is 5.56 Å². The highest BCUT2D eigenvalue weighted by Gasteiger charge is 2.33. The molecule has 0 saturated heterocycles. The van der Waals surface area contributed by atoms with Crippen LogP contribution in [0.25, 0.3) is 0 Å². The third-order valence-corrected chi connectivity index (χ3v) is 4.65. The Morgan fingerprint density at radius 3 is 2.28 bits per heavy atom. The molecule has 0 radical (unpaired) electrons. The zero-order valence-electron chi connectivity index (χ0n) is 14.4. The molecule has 1 amide bonds. The van der Waals surface area contributed by atoms with Crippen LogP contribution in [-0.2, 0) is 9.53 Å². The number of benzene rings is 2. The molecule has 130 valence electrons. The van der Waals surface area contributed by atoms with E-state index >= 15 is 0 Å². The Bertz CT molecular complexity index is 714. The molecular formula is C21H23NO3. The average molecular weight is 337 g/mol. The van der Waals surface area contributed by atoms with Crippen LogP contribution in [0.3, 0.4) is 0 Å². The van der Waals surface area contributed by atoms with Crippen molar-refractivity contribution in [2.75, 3.05) is 6.61 Å². The van der Waals surface area contributed by atoms with Gasteiger partial charge in [-0.25, -0.2) is 0 Å². The van der Waals surface area contributed by atoms with E-state index in [4.69, 9.17) is 4.74 Å². The lowest BCUT2D eigenvalue weighted by Gasteiger charge is -2.19. The van der Waals surface area contributed by atoms with Gasteiger partial charge in [0.05, 0.1) is 19.1 Å². The summed E-state index contributed by atoms with van der Waals surface area (Å²) < 4.78 is 5.39. The molecule has 4 heteroatoms. The SMILES string of the molecule is CC1CC1COC(=O)CC(NC(=O)c1ccccc1)c1ccccc1. The van der Waals surface area contributed by atoms with Gasteiger partial charge in [0.15, 0.2) is 0 Å². The molecule has 25 heavy (non-hydrogen) atoms. The van der Waals surface area contributed by atoms with E-state index in [2.05, 4.69) is 12.2 Å². The van der Waals surface area contributed by atoms with Gasteiger partial charge in [-0.05, 0) is 36.0 Å². The molecule has 1 saturated carbocycles. The van der Waals surface area contributed by atoms with Gasteiger partial charge in [-0.2, -0.15) is 0 Å². The predicted molar refractivity (Wildman–Crippen MR) is 95.9 cm³/mol. The summed E-state index contributed by atoms with van der Waals surface area (Å²) in [7, 11) is 0. The summed E-state index contributed by atoms with van der Waals surface area (Å²) in [4.78, 5) is 24.7. The minimum Gasteiger partial charge on any atom is -0.465 e. The van der Waals surface area contributed by atoms with Crippen molar-refractivity contribution in [1.29, 1.82) is 0 Å². The van der Waals surface area contributed by atoms with E-state index in [1.165, 1.54) is 0 Å². The number of rotatable bonds is 7. The van der Waals surface area contributed by atoms with Gasteiger partial charge in [0.1, 0.15) is 0 Å². The Morgan fingerprint density at radius 1 is 1.08 bits per heavy atom. The molecule has 2 aromatic rings. The predicted octanol–water partition coefficient (Wildman–Crippen LogP) is 3.75. The summed E-state index contributed by atoms with van der Waals surface area (Å²) in [5.41, 5.74) is 1.46. The Balaban J connectivity index is 1.65. The van der Waals surface area contributed by atoms with Gasteiger partial charge in [-0.3, -0.25) is 9.59 Å². The van der Waals surface area contributed by atoms with Crippen LogP contribution in [-0.4, -0.2) is 18.5 Å². The molecule has 2 aromatic carbocycles. The van der Waals surface area contributed by atoms with Crippen molar-refractivity contribution in [1.82, 2.24) is 5.32 Å². The maximum atomic E-state index is 12.5. The third-order valence-electron chi connectivity index (χ3n) is 4.65. The van der Waals surface area contributed by atoms with Gasteiger partial charge in [-0.1, -0.05) is 55.5 Å². The first-order chi connectivity index (χ1) is 12.1. The Hall–Kier alpha value is -2.62. The first-order valence-electron chi connectivity index (χ1n) is 8.70. The van der Waals surface area contributed by atoms with E-state index in [1.54, 1.807) is 12.1 Å². The number of hydrogen-bond donors (Lipinski definition) is 1. The van der Waals surface area contributed by atoms with Crippen molar-refractivity contribution in [2.24, 2.45) is 11.8 Å². The molecule has 1 N–H and O–H groups in total. The second kappa shape index (κ2) is 7.97. The maximum absolute atomic E-state index is 12.5. The van der Waals surface area contributed by atoms with Crippen LogP contribution < -0.4 is 5.32 Å². The van der Waals surface area contributed by atoms with Gasteiger partial charge in [0.25, 0.3) is 5.91 Å². The molecule has 3 rings (SSSR count). The van der Waals surface area contributed by atoms with Crippen molar-refractivity contribution in [2.45, 2.75) is 25.8 Å². The highest BCUT2D eigenvalue weighted by atomic mass is 16.5. The molecule has 0 spiro atoms. The average Bonchev–Trinajstić information content (AvgIpc) is 3.36. The molecule has 0 aromatic heterocycles. The fourth-order valence-corrected chi connectivity index (χ4v) is 2.83. The summed E-state index contributed by atoms with van der Waals surface area (Å²) in [5, 5.41) is 2.95. The van der Waals surface area contributed by atoms with Crippen molar-refractivity contribution < 1.29 is 14.3 Å². The first-order valence-corrected chi connectivity index (χ1v) is 8.70. The van der Waals surface area contributed by atoms with E-state index in [9.17, 15) is 9.59 Å². The van der Waals surface area contributed by atoms with Gasteiger partial charge in [-0.15, -0.1) is 0 Å². The molecule has 1 aliphatic carbocycles. The molecule has 0 heterocycles. The van der Waals surface area contributed by atoms with Crippen LogP contribution in [0.15, 0.2) is 60.7 Å². The Kier molecular flexibility index (Phi) is 5.49. The smallest absolute Gasteiger partial charge is 0.308 e. The van der Waals surface area contributed by atoms with Crippen molar-refractivity contribution in [3.05, 3.63) is 71.8 Å². The van der Waals surface area contributed by atoms with E-state index in [0.29, 0.717) is 24.0 Å². The summed E-state index contributed by atoms with van der Waals surface area (Å²) in [6.07, 6.45) is 1.25. The van der Waals surface area contributed by atoms with Crippen LogP contribution in [0.4, 0.5) is 0 Å². The maximum Gasteiger partial charge on any atom is 0.308 e. The molecule has 3 atom stereocenters. The minimum absolute atomic E-state index is 0.129. The highest BCUT2D eigenvalue weighted by Crippen LogP contribution is 2.37. The molecule has 1 aliphatic rings. The molecule has 4 nitrogen and oxygen atoms in total. The van der Waals surface area contributed by atoms with Gasteiger partial charge >= 0.3 is 5.97 Å². The lowest BCUT2D eigenvalue weighted by atomic mass is 10.0. The fourth-order valence-electron chi connectivity index (χ4n) is 2.83. The molecule has 0 aliphatic heterocycles. The number of esters is 1. The fraction of sp³-hybridized carbons (Fsp3) is 0.333. The quantitative estimate of drug-likeness (QED) is 0.783. The third kappa shape index (κ3) is 4.92. The van der Waals surface area contributed by atoms with E-state index in [0.717, 1.165) is 12.0 Å². The normalized spacial score (nSPS) is 19.7. The van der Waals surface area contributed by atoms with E-state index in [1.807, 2.05) is 48.5 Å². The standard InChI is InChI=1S/C21H23NO3/c1-15-12-18(15)14-25-20(23)13-19(16-8-4-2-5-9-16)22-21(24)17-10-6-3-7-11-17/h2-11,15,18-19H,12-14H2,1H3,(H,22,24). The molecule has 1 fully saturated rings. The Labute approximate surface area is 148 Å². The largest absolute Gasteiger partial charge is 0.465 e. The molecule has 3 unspecified atom stereocenters. The lowest BCUT2D eigenvalue weighted by molar-refractivity contribution is -0.144. The summed E-state index contributed by atoms with van der Waals surface area (Å²) in [5.74, 6) is 0.674. The Morgan fingerprint density at radius 2 is 1.68 bits per heavy atom.